The Morgan fingerprint density at radius 1 is 1.04 bits per heavy atom. The number of hydrogen-bond donors (Lipinski definition) is 2. The fraction of sp³-hybridized carbons (Fsp3) is 0.222. The largest absolute Gasteiger partial charge is 0.496 e. The summed E-state index contributed by atoms with van der Waals surface area (Å²) in [6, 6.07) is 12.1. The Hall–Kier alpha value is -2.09. The lowest BCUT2D eigenvalue weighted by Gasteiger charge is -2.11. The minimum Gasteiger partial charge on any atom is -0.496 e. The lowest BCUT2D eigenvalue weighted by Crippen LogP contribution is -2.30. The van der Waals surface area contributed by atoms with Crippen LogP contribution in [0.3, 0.4) is 0 Å². The summed E-state index contributed by atoms with van der Waals surface area (Å²) in [5.41, 5.74) is 1.60. The van der Waals surface area contributed by atoms with E-state index in [2.05, 4.69) is 33.2 Å². The second kappa shape index (κ2) is 8.14. The number of hydrogen-bond acceptors (Lipinski definition) is 3. The molecule has 0 saturated heterocycles. The van der Waals surface area contributed by atoms with Gasteiger partial charge in [-0.25, -0.2) is 0 Å². The summed E-state index contributed by atoms with van der Waals surface area (Å²) in [7, 11) is 1.59. The van der Waals surface area contributed by atoms with Crippen molar-refractivity contribution in [1.82, 2.24) is 5.32 Å². The standard InChI is InChI=1S/C18H19IN2O3/c1-11(2)20-17(22)12-5-4-6-14(9-12)21-18(23)13-7-8-16(24-3)15(19)10-13/h4-11H,1-3H3,(H,20,22)(H,21,23). The molecule has 0 atom stereocenters. The number of ether oxygens (including phenoxy) is 1. The van der Waals surface area contributed by atoms with E-state index in [1.165, 1.54) is 0 Å². The number of anilines is 1. The highest BCUT2D eigenvalue weighted by Gasteiger charge is 2.11. The maximum atomic E-state index is 12.4. The molecule has 0 saturated carbocycles. The summed E-state index contributed by atoms with van der Waals surface area (Å²) < 4.78 is 6.04. The minimum atomic E-state index is -0.239. The highest BCUT2D eigenvalue weighted by Crippen LogP contribution is 2.22. The second-order valence-corrected chi connectivity index (χ2v) is 6.67. The number of amides is 2. The maximum absolute atomic E-state index is 12.4. The molecular weight excluding hydrogens is 419 g/mol. The number of benzene rings is 2. The predicted molar refractivity (Wildman–Crippen MR) is 103 cm³/mol. The molecule has 2 aromatic carbocycles. The van der Waals surface area contributed by atoms with Gasteiger partial charge in [-0.1, -0.05) is 6.07 Å². The first-order valence-electron chi connectivity index (χ1n) is 7.46. The molecular formula is C18H19IN2O3. The van der Waals surface area contributed by atoms with E-state index in [4.69, 9.17) is 4.74 Å². The maximum Gasteiger partial charge on any atom is 0.255 e. The number of carbonyl (C=O) groups excluding carboxylic acids is 2. The van der Waals surface area contributed by atoms with Gasteiger partial charge in [0.1, 0.15) is 5.75 Å². The van der Waals surface area contributed by atoms with Gasteiger partial charge in [0.05, 0.1) is 10.7 Å². The molecule has 126 valence electrons. The van der Waals surface area contributed by atoms with Crippen molar-refractivity contribution in [3.8, 4) is 5.75 Å². The third kappa shape index (κ3) is 4.70. The van der Waals surface area contributed by atoms with Crippen LogP contribution in [0.2, 0.25) is 0 Å². The number of carbonyl (C=O) groups is 2. The van der Waals surface area contributed by atoms with E-state index in [0.717, 1.165) is 9.32 Å². The van der Waals surface area contributed by atoms with E-state index >= 15 is 0 Å². The Kier molecular flexibility index (Phi) is 6.19. The molecule has 2 amide bonds. The highest BCUT2D eigenvalue weighted by molar-refractivity contribution is 14.1. The first-order valence-corrected chi connectivity index (χ1v) is 8.54. The van der Waals surface area contributed by atoms with Gasteiger partial charge in [-0.3, -0.25) is 9.59 Å². The third-order valence-electron chi connectivity index (χ3n) is 3.22. The van der Waals surface area contributed by atoms with E-state index in [1.54, 1.807) is 49.6 Å². The van der Waals surface area contributed by atoms with Gasteiger partial charge in [-0.2, -0.15) is 0 Å². The molecule has 5 nitrogen and oxygen atoms in total. The molecule has 0 heterocycles. The Morgan fingerprint density at radius 2 is 1.75 bits per heavy atom. The fourth-order valence-corrected chi connectivity index (χ4v) is 2.83. The van der Waals surface area contributed by atoms with Crippen molar-refractivity contribution in [3.63, 3.8) is 0 Å². The highest BCUT2D eigenvalue weighted by atomic mass is 127. The zero-order valence-corrected chi connectivity index (χ0v) is 15.9. The molecule has 0 aliphatic heterocycles. The Balaban J connectivity index is 2.14. The third-order valence-corrected chi connectivity index (χ3v) is 4.06. The quantitative estimate of drug-likeness (QED) is 0.700. The van der Waals surface area contributed by atoms with Crippen molar-refractivity contribution < 1.29 is 14.3 Å². The van der Waals surface area contributed by atoms with Gasteiger partial charge < -0.3 is 15.4 Å². The van der Waals surface area contributed by atoms with Crippen LogP contribution in [0.5, 0.6) is 5.75 Å². The second-order valence-electron chi connectivity index (χ2n) is 5.51. The smallest absolute Gasteiger partial charge is 0.255 e. The predicted octanol–water partition coefficient (Wildman–Crippen LogP) is 3.69. The van der Waals surface area contributed by atoms with Crippen LogP contribution in [0.1, 0.15) is 34.6 Å². The summed E-state index contributed by atoms with van der Waals surface area (Å²) in [5, 5.41) is 5.63. The zero-order valence-electron chi connectivity index (χ0n) is 13.7. The fourth-order valence-electron chi connectivity index (χ4n) is 2.09. The number of halogens is 1. The molecule has 24 heavy (non-hydrogen) atoms. The van der Waals surface area contributed by atoms with Crippen LogP contribution in [0, 0.1) is 3.57 Å². The molecule has 0 bridgehead atoms. The monoisotopic (exact) mass is 438 g/mol. The number of methoxy groups -OCH3 is 1. The van der Waals surface area contributed by atoms with Gasteiger partial charge in [0.2, 0.25) is 0 Å². The van der Waals surface area contributed by atoms with E-state index in [9.17, 15) is 9.59 Å². The van der Waals surface area contributed by atoms with E-state index < -0.39 is 0 Å². The van der Waals surface area contributed by atoms with Crippen LogP contribution in [0.4, 0.5) is 5.69 Å². The minimum absolute atomic E-state index is 0.0529. The lowest BCUT2D eigenvalue weighted by atomic mass is 10.1. The number of rotatable bonds is 5. The molecule has 2 N–H and O–H groups in total. The Labute approximate surface area is 154 Å². The first kappa shape index (κ1) is 18.3. The molecule has 2 aromatic rings. The zero-order chi connectivity index (χ0) is 17.7. The van der Waals surface area contributed by atoms with Gasteiger partial charge in [0.25, 0.3) is 11.8 Å². The molecule has 0 unspecified atom stereocenters. The molecule has 6 heteroatoms. The molecule has 2 rings (SSSR count). The molecule has 0 aliphatic carbocycles. The lowest BCUT2D eigenvalue weighted by molar-refractivity contribution is 0.0941. The van der Waals surface area contributed by atoms with Crippen LogP contribution >= 0.6 is 22.6 Å². The van der Waals surface area contributed by atoms with Gasteiger partial charge in [-0.05, 0) is 72.8 Å². The van der Waals surface area contributed by atoms with E-state index in [-0.39, 0.29) is 17.9 Å². The Morgan fingerprint density at radius 3 is 2.38 bits per heavy atom. The van der Waals surface area contributed by atoms with Crippen LogP contribution < -0.4 is 15.4 Å². The molecule has 0 aliphatic rings. The molecule has 0 radical (unpaired) electrons. The van der Waals surface area contributed by atoms with Crippen LogP contribution in [0.25, 0.3) is 0 Å². The first-order chi connectivity index (χ1) is 11.4. The van der Waals surface area contributed by atoms with Crippen molar-refractivity contribution in [2.45, 2.75) is 19.9 Å². The Bertz CT molecular complexity index is 760. The van der Waals surface area contributed by atoms with Crippen molar-refractivity contribution >= 4 is 40.1 Å². The van der Waals surface area contributed by atoms with Crippen LogP contribution in [-0.2, 0) is 0 Å². The summed E-state index contributed by atoms with van der Waals surface area (Å²) >= 11 is 2.12. The molecule has 0 fully saturated rings. The molecule has 0 spiro atoms. The summed E-state index contributed by atoms with van der Waals surface area (Å²) in [5.74, 6) is 0.316. The van der Waals surface area contributed by atoms with Crippen molar-refractivity contribution in [2.75, 3.05) is 12.4 Å². The van der Waals surface area contributed by atoms with Gasteiger partial charge in [0, 0.05) is 22.9 Å². The van der Waals surface area contributed by atoms with Crippen molar-refractivity contribution in [3.05, 3.63) is 57.2 Å². The van der Waals surface area contributed by atoms with Gasteiger partial charge in [-0.15, -0.1) is 0 Å². The van der Waals surface area contributed by atoms with Crippen molar-refractivity contribution in [1.29, 1.82) is 0 Å². The van der Waals surface area contributed by atoms with Crippen molar-refractivity contribution in [2.24, 2.45) is 0 Å². The summed E-state index contributed by atoms with van der Waals surface area (Å²) in [6.07, 6.45) is 0. The van der Waals surface area contributed by atoms with Gasteiger partial charge >= 0.3 is 0 Å². The summed E-state index contributed by atoms with van der Waals surface area (Å²) in [4.78, 5) is 24.4. The van der Waals surface area contributed by atoms with E-state index in [0.29, 0.717) is 16.8 Å². The average Bonchev–Trinajstić information content (AvgIpc) is 2.54. The van der Waals surface area contributed by atoms with E-state index in [1.807, 2.05) is 13.8 Å². The van der Waals surface area contributed by atoms with Crippen LogP contribution in [0.15, 0.2) is 42.5 Å². The SMILES string of the molecule is COc1ccc(C(=O)Nc2cccc(C(=O)NC(C)C)c2)cc1I. The van der Waals surface area contributed by atoms with Crippen LogP contribution in [-0.4, -0.2) is 25.0 Å². The number of nitrogens with one attached hydrogen (secondary N) is 2. The molecule has 0 aromatic heterocycles. The normalized spacial score (nSPS) is 10.4. The average molecular weight is 438 g/mol. The topological polar surface area (TPSA) is 67.4 Å². The van der Waals surface area contributed by atoms with Gasteiger partial charge in [0.15, 0.2) is 0 Å². The summed E-state index contributed by atoms with van der Waals surface area (Å²) in [6.45, 7) is 3.80.